The highest BCUT2D eigenvalue weighted by Crippen LogP contribution is 2.69. The summed E-state index contributed by atoms with van der Waals surface area (Å²) in [6.45, 7) is 5.52. The zero-order valence-corrected chi connectivity index (χ0v) is 9.28. The summed E-state index contributed by atoms with van der Waals surface area (Å²) in [6, 6.07) is 0. The molecule has 2 atom stereocenters. The fourth-order valence-corrected chi connectivity index (χ4v) is 2.19. The number of hydrogen-bond acceptors (Lipinski definition) is 1. The number of carboxylic acid groups (broad SMARTS) is 1. The van der Waals surface area contributed by atoms with Gasteiger partial charge in [-0.2, -0.15) is 0 Å². The molecular formula is C9H12Cl2O2. The molecule has 0 heterocycles. The summed E-state index contributed by atoms with van der Waals surface area (Å²) >= 11 is 11.0. The van der Waals surface area contributed by atoms with Crippen LogP contribution in [-0.4, -0.2) is 11.1 Å². The van der Waals surface area contributed by atoms with Gasteiger partial charge in [0.2, 0.25) is 0 Å². The van der Waals surface area contributed by atoms with Crippen molar-refractivity contribution < 1.29 is 9.90 Å². The minimum atomic E-state index is -0.798. The lowest BCUT2D eigenvalue weighted by atomic mass is 9.99. The Morgan fingerprint density at radius 2 is 1.85 bits per heavy atom. The highest BCUT2D eigenvalue weighted by Gasteiger charge is 2.71. The zero-order chi connectivity index (χ0) is 10.4. The second-order valence-electron chi connectivity index (χ2n) is 4.16. The van der Waals surface area contributed by atoms with E-state index in [0.29, 0.717) is 0 Å². The minimum Gasteiger partial charge on any atom is -0.481 e. The van der Waals surface area contributed by atoms with Gasteiger partial charge in [-0.25, -0.2) is 0 Å². The number of halogens is 2. The Balaban J connectivity index is 2.95. The lowest BCUT2D eigenvalue weighted by Crippen LogP contribution is -2.16. The molecule has 1 aliphatic rings. The van der Waals surface area contributed by atoms with Crippen LogP contribution in [0.25, 0.3) is 0 Å². The maximum Gasteiger partial charge on any atom is 0.310 e. The molecule has 2 nitrogen and oxygen atoms in total. The molecule has 0 aromatic heterocycles. The Hall–Kier alpha value is -0.210. The molecule has 0 saturated heterocycles. The Kier molecular flexibility index (Phi) is 2.42. The van der Waals surface area contributed by atoms with Crippen LogP contribution in [0.5, 0.6) is 0 Å². The van der Waals surface area contributed by atoms with Crippen molar-refractivity contribution in [2.24, 2.45) is 16.7 Å². The van der Waals surface area contributed by atoms with Gasteiger partial charge in [-0.1, -0.05) is 37.0 Å². The smallest absolute Gasteiger partial charge is 0.310 e. The number of hydrogen-bond donors (Lipinski definition) is 1. The van der Waals surface area contributed by atoms with Gasteiger partial charge in [0.1, 0.15) is 4.49 Å². The molecule has 1 fully saturated rings. The molecule has 4 heteroatoms. The molecule has 74 valence electrons. The maximum atomic E-state index is 11.0. The van der Waals surface area contributed by atoms with Crippen molar-refractivity contribution in [3.63, 3.8) is 0 Å². The second-order valence-corrected chi connectivity index (χ2v) is 5.17. The monoisotopic (exact) mass is 222 g/mol. The van der Waals surface area contributed by atoms with Crippen LogP contribution in [0.2, 0.25) is 0 Å². The van der Waals surface area contributed by atoms with Crippen LogP contribution >= 0.6 is 23.2 Å². The van der Waals surface area contributed by atoms with Gasteiger partial charge in [0.05, 0.1) is 5.41 Å². The maximum absolute atomic E-state index is 11.0. The van der Waals surface area contributed by atoms with E-state index in [0.717, 1.165) is 0 Å². The first-order valence-electron chi connectivity index (χ1n) is 4.01. The third-order valence-electron chi connectivity index (χ3n) is 3.39. The van der Waals surface area contributed by atoms with Gasteiger partial charge in [-0.05, 0) is 18.4 Å². The Bertz CT molecular complexity index is 279. The third kappa shape index (κ3) is 1.36. The third-order valence-corrected chi connectivity index (χ3v) is 3.64. The molecule has 0 aromatic rings. The van der Waals surface area contributed by atoms with E-state index in [-0.39, 0.29) is 15.8 Å². The number of allylic oxidation sites excluding steroid dienone is 1. The molecule has 1 rings (SSSR count). The van der Waals surface area contributed by atoms with Crippen LogP contribution in [0.1, 0.15) is 20.8 Å². The summed E-state index contributed by atoms with van der Waals surface area (Å²) in [6.07, 6.45) is 1.61. The summed E-state index contributed by atoms with van der Waals surface area (Å²) in [5.74, 6) is -0.879. The van der Waals surface area contributed by atoms with Crippen LogP contribution in [0.4, 0.5) is 0 Å². The average molecular weight is 223 g/mol. The quantitative estimate of drug-likeness (QED) is 0.781. The number of carboxylic acids is 1. The van der Waals surface area contributed by atoms with Crippen molar-refractivity contribution >= 4 is 29.2 Å². The van der Waals surface area contributed by atoms with Gasteiger partial charge in [-0.3, -0.25) is 4.79 Å². The topological polar surface area (TPSA) is 37.3 Å². The van der Waals surface area contributed by atoms with Crippen LogP contribution in [0.3, 0.4) is 0 Å². The van der Waals surface area contributed by atoms with E-state index in [4.69, 9.17) is 28.3 Å². The number of carbonyl (C=O) groups is 1. The fraction of sp³-hybridized carbons (Fsp3) is 0.667. The van der Waals surface area contributed by atoms with Crippen molar-refractivity contribution in [2.75, 3.05) is 0 Å². The standard InChI is InChI=1S/C9H12Cl2O2/c1-8(2)5(4-6(10)11)9(8,3)7(12)13/h4-5H,1-3H3,(H,12,13). The first-order chi connectivity index (χ1) is 5.74. The fourth-order valence-electron chi connectivity index (χ4n) is 1.94. The summed E-state index contributed by atoms with van der Waals surface area (Å²) in [7, 11) is 0. The lowest BCUT2D eigenvalue weighted by molar-refractivity contribution is -0.144. The zero-order valence-electron chi connectivity index (χ0n) is 7.77. The normalized spacial score (nSPS) is 35.3. The van der Waals surface area contributed by atoms with Crippen LogP contribution in [0.15, 0.2) is 10.6 Å². The van der Waals surface area contributed by atoms with Crippen molar-refractivity contribution in [1.29, 1.82) is 0 Å². The van der Waals surface area contributed by atoms with Crippen LogP contribution in [0, 0.1) is 16.7 Å². The molecule has 13 heavy (non-hydrogen) atoms. The van der Waals surface area contributed by atoms with E-state index in [2.05, 4.69) is 0 Å². The van der Waals surface area contributed by atoms with Gasteiger partial charge >= 0.3 is 5.97 Å². The van der Waals surface area contributed by atoms with E-state index < -0.39 is 11.4 Å². The predicted molar refractivity (Wildman–Crippen MR) is 52.8 cm³/mol. The Labute approximate surface area is 87.5 Å². The first kappa shape index (κ1) is 10.9. The molecular weight excluding hydrogens is 211 g/mol. The van der Waals surface area contributed by atoms with Gasteiger partial charge < -0.3 is 5.11 Å². The SMILES string of the molecule is CC1(C)C(C=C(Cl)Cl)C1(C)C(=O)O. The summed E-state index contributed by atoms with van der Waals surface area (Å²) in [4.78, 5) is 11.0. The van der Waals surface area contributed by atoms with Gasteiger partial charge in [-0.15, -0.1) is 0 Å². The van der Waals surface area contributed by atoms with E-state index >= 15 is 0 Å². The molecule has 0 amide bonds. The summed E-state index contributed by atoms with van der Waals surface area (Å²) in [5.41, 5.74) is -1.00. The second kappa shape index (κ2) is 2.89. The molecule has 1 N–H and O–H groups in total. The van der Waals surface area contributed by atoms with Gasteiger partial charge in [0, 0.05) is 5.92 Å². The van der Waals surface area contributed by atoms with E-state index in [1.807, 2.05) is 13.8 Å². The Morgan fingerprint density at radius 3 is 2.08 bits per heavy atom. The molecule has 0 aliphatic heterocycles. The highest BCUT2D eigenvalue weighted by molar-refractivity contribution is 6.55. The molecule has 0 aromatic carbocycles. The van der Waals surface area contributed by atoms with E-state index in [1.54, 1.807) is 13.0 Å². The van der Waals surface area contributed by atoms with Crippen molar-refractivity contribution in [2.45, 2.75) is 20.8 Å². The molecule has 0 bridgehead atoms. The largest absolute Gasteiger partial charge is 0.481 e. The lowest BCUT2D eigenvalue weighted by Gasteiger charge is -2.06. The highest BCUT2D eigenvalue weighted by atomic mass is 35.5. The van der Waals surface area contributed by atoms with Gasteiger partial charge in [0.25, 0.3) is 0 Å². The van der Waals surface area contributed by atoms with Crippen molar-refractivity contribution in [3.8, 4) is 0 Å². The number of rotatable bonds is 2. The molecule has 0 spiro atoms. The molecule has 0 radical (unpaired) electrons. The van der Waals surface area contributed by atoms with Crippen molar-refractivity contribution in [3.05, 3.63) is 10.6 Å². The van der Waals surface area contributed by atoms with Crippen LogP contribution < -0.4 is 0 Å². The van der Waals surface area contributed by atoms with Crippen LogP contribution in [-0.2, 0) is 4.79 Å². The average Bonchev–Trinajstić information content (AvgIpc) is 2.35. The molecule has 1 saturated carbocycles. The summed E-state index contributed by atoms with van der Waals surface area (Å²) in [5, 5.41) is 9.02. The first-order valence-corrected chi connectivity index (χ1v) is 4.76. The molecule has 1 aliphatic carbocycles. The van der Waals surface area contributed by atoms with E-state index in [9.17, 15) is 4.79 Å². The van der Waals surface area contributed by atoms with Gasteiger partial charge in [0.15, 0.2) is 0 Å². The molecule has 2 unspecified atom stereocenters. The van der Waals surface area contributed by atoms with E-state index in [1.165, 1.54) is 0 Å². The predicted octanol–water partition coefficient (Wildman–Crippen LogP) is 3.05. The summed E-state index contributed by atoms with van der Waals surface area (Å²) < 4.78 is 0.142. The number of aliphatic carboxylic acids is 1. The van der Waals surface area contributed by atoms with Crippen molar-refractivity contribution in [1.82, 2.24) is 0 Å². The Morgan fingerprint density at radius 1 is 1.38 bits per heavy atom. The minimum absolute atomic E-state index is 0.0810.